The number of aliphatic imine (C=N–C) groups is 1. The van der Waals surface area contributed by atoms with E-state index in [-0.39, 0.29) is 6.04 Å². The van der Waals surface area contributed by atoms with E-state index in [4.69, 9.17) is 0 Å². The average molecular weight is 433 g/mol. The van der Waals surface area contributed by atoms with Gasteiger partial charge in [-0.2, -0.15) is 9.40 Å². The van der Waals surface area contributed by atoms with Gasteiger partial charge in [0.2, 0.25) is 10.0 Å². The second kappa shape index (κ2) is 9.18. The Labute approximate surface area is 179 Å². The number of benzene rings is 1. The fourth-order valence-corrected chi connectivity index (χ4v) is 4.98. The third-order valence-electron chi connectivity index (χ3n) is 5.67. The molecule has 0 bridgehead atoms. The minimum atomic E-state index is -3.46. The van der Waals surface area contributed by atoms with Crippen LogP contribution in [0.2, 0.25) is 0 Å². The maximum atomic E-state index is 12.6. The lowest BCUT2D eigenvalue weighted by Crippen LogP contribution is -2.39. The highest BCUT2D eigenvalue weighted by Gasteiger charge is 2.27. The summed E-state index contributed by atoms with van der Waals surface area (Å²) in [5.74, 6) is 1.32. The largest absolute Gasteiger partial charge is 0.352 e. The number of aryl methyl sites for hydroxylation is 1. The number of aromatic nitrogens is 2. The first-order chi connectivity index (χ1) is 14.2. The highest BCUT2D eigenvalue weighted by Crippen LogP contribution is 2.26. The fourth-order valence-electron chi connectivity index (χ4n) is 3.61. The summed E-state index contributed by atoms with van der Waals surface area (Å²) in [4.78, 5) is 6.99. The van der Waals surface area contributed by atoms with Crippen LogP contribution < -0.4 is 5.32 Å². The Kier molecular flexibility index (Phi) is 6.82. The Morgan fingerprint density at radius 2 is 2.03 bits per heavy atom. The summed E-state index contributed by atoms with van der Waals surface area (Å²) in [6.07, 6.45) is 5.09. The minimum Gasteiger partial charge on any atom is -0.352 e. The Morgan fingerprint density at radius 3 is 2.60 bits per heavy atom. The van der Waals surface area contributed by atoms with Gasteiger partial charge in [0.1, 0.15) is 0 Å². The molecule has 1 fully saturated rings. The molecule has 1 N–H and O–H groups in total. The van der Waals surface area contributed by atoms with Gasteiger partial charge in [0, 0.05) is 58.9 Å². The molecule has 30 heavy (non-hydrogen) atoms. The van der Waals surface area contributed by atoms with Crippen LogP contribution in [0.3, 0.4) is 0 Å². The third kappa shape index (κ3) is 4.84. The van der Waals surface area contributed by atoms with E-state index in [1.807, 2.05) is 43.9 Å². The van der Waals surface area contributed by atoms with Crippen molar-refractivity contribution in [1.82, 2.24) is 24.3 Å². The molecule has 1 aliphatic heterocycles. The Hall–Kier alpha value is -2.39. The van der Waals surface area contributed by atoms with Crippen molar-refractivity contribution in [3.8, 4) is 0 Å². The summed E-state index contributed by atoms with van der Waals surface area (Å²) in [5.41, 5.74) is 2.27. The highest BCUT2D eigenvalue weighted by molar-refractivity contribution is 7.89. The molecule has 0 saturated carbocycles. The SMILES string of the molecule is CN=C(NCc1ccc(S(=O)(=O)N(C)C(C)C)cc1)N1CCC(c2cnn(C)c2)C1. The number of hydrogen-bond donors (Lipinski definition) is 1. The molecule has 1 aliphatic rings. The van der Waals surface area contributed by atoms with Gasteiger partial charge in [-0.1, -0.05) is 12.1 Å². The van der Waals surface area contributed by atoms with Gasteiger partial charge >= 0.3 is 0 Å². The van der Waals surface area contributed by atoms with E-state index in [1.165, 1.54) is 9.87 Å². The molecule has 1 atom stereocenters. The van der Waals surface area contributed by atoms with Gasteiger partial charge in [-0.05, 0) is 43.5 Å². The first kappa shape index (κ1) is 22.3. The molecule has 0 amide bonds. The molecule has 1 saturated heterocycles. The minimum absolute atomic E-state index is 0.0874. The smallest absolute Gasteiger partial charge is 0.243 e. The molecule has 9 heteroatoms. The van der Waals surface area contributed by atoms with Crippen LogP contribution in [-0.4, -0.2) is 66.6 Å². The maximum Gasteiger partial charge on any atom is 0.243 e. The van der Waals surface area contributed by atoms with Crippen molar-refractivity contribution in [3.05, 3.63) is 47.8 Å². The number of nitrogens with zero attached hydrogens (tertiary/aromatic N) is 5. The van der Waals surface area contributed by atoms with Crippen LogP contribution >= 0.6 is 0 Å². The van der Waals surface area contributed by atoms with Crippen molar-refractivity contribution in [2.45, 2.75) is 43.7 Å². The number of likely N-dealkylation sites (tertiary alicyclic amines) is 1. The Morgan fingerprint density at radius 1 is 1.33 bits per heavy atom. The second-order valence-electron chi connectivity index (χ2n) is 8.04. The van der Waals surface area contributed by atoms with E-state index in [2.05, 4.69) is 26.5 Å². The second-order valence-corrected chi connectivity index (χ2v) is 10.0. The topological polar surface area (TPSA) is 82.8 Å². The summed E-state index contributed by atoms with van der Waals surface area (Å²) in [6, 6.07) is 6.95. The standard InChI is InChI=1S/C21H32N6O2S/c1-16(2)26(5)30(28,29)20-8-6-17(7-9-20)12-23-21(22-3)27-11-10-18(15-27)19-13-24-25(4)14-19/h6-9,13-14,16,18H,10-12,15H2,1-5H3,(H,22,23). The van der Waals surface area contributed by atoms with Crippen LogP contribution in [0, 0.1) is 0 Å². The van der Waals surface area contributed by atoms with Gasteiger partial charge in [-0.15, -0.1) is 0 Å². The van der Waals surface area contributed by atoms with E-state index >= 15 is 0 Å². The zero-order chi connectivity index (χ0) is 21.9. The summed E-state index contributed by atoms with van der Waals surface area (Å²) in [5, 5.41) is 7.68. The van der Waals surface area contributed by atoms with Crippen molar-refractivity contribution in [1.29, 1.82) is 0 Å². The number of rotatable bonds is 6. The zero-order valence-corrected chi connectivity index (χ0v) is 19.2. The van der Waals surface area contributed by atoms with Gasteiger partial charge < -0.3 is 10.2 Å². The molecule has 2 heterocycles. The fraction of sp³-hybridized carbons (Fsp3) is 0.524. The molecule has 0 spiro atoms. The molecular weight excluding hydrogens is 400 g/mol. The molecule has 3 rings (SSSR count). The van der Waals surface area contributed by atoms with Crippen molar-refractivity contribution in [2.75, 3.05) is 27.2 Å². The molecule has 1 unspecified atom stereocenters. The first-order valence-corrected chi connectivity index (χ1v) is 11.7. The molecule has 1 aromatic heterocycles. The van der Waals surface area contributed by atoms with Crippen molar-refractivity contribution in [2.24, 2.45) is 12.0 Å². The maximum absolute atomic E-state index is 12.6. The lowest BCUT2D eigenvalue weighted by Gasteiger charge is -2.22. The summed E-state index contributed by atoms with van der Waals surface area (Å²) < 4.78 is 28.4. The molecule has 1 aromatic carbocycles. The summed E-state index contributed by atoms with van der Waals surface area (Å²) >= 11 is 0. The molecule has 164 valence electrons. The van der Waals surface area contributed by atoms with Crippen LogP contribution in [0.5, 0.6) is 0 Å². The van der Waals surface area contributed by atoms with E-state index in [9.17, 15) is 8.42 Å². The molecule has 2 aromatic rings. The predicted octanol–water partition coefficient (Wildman–Crippen LogP) is 2.01. The Balaban J connectivity index is 1.59. The first-order valence-electron chi connectivity index (χ1n) is 10.2. The van der Waals surface area contributed by atoms with Gasteiger partial charge in [0.05, 0.1) is 11.1 Å². The average Bonchev–Trinajstić information content (AvgIpc) is 3.37. The lowest BCUT2D eigenvalue weighted by molar-refractivity contribution is 0.410. The molecule has 0 radical (unpaired) electrons. The van der Waals surface area contributed by atoms with E-state index in [1.54, 1.807) is 26.2 Å². The monoisotopic (exact) mass is 432 g/mol. The van der Waals surface area contributed by atoms with Crippen LogP contribution in [0.25, 0.3) is 0 Å². The molecular formula is C21H32N6O2S. The lowest BCUT2D eigenvalue weighted by atomic mass is 10.0. The van der Waals surface area contributed by atoms with Crippen LogP contribution in [0.1, 0.15) is 37.3 Å². The number of sulfonamides is 1. The summed E-state index contributed by atoms with van der Waals surface area (Å²) in [7, 11) is 1.87. The highest BCUT2D eigenvalue weighted by atomic mass is 32.2. The van der Waals surface area contributed by atoms with Crippen LogP contribution in [0.15, 0.2) is 46.5 Å². The van der Waals surface area contributed by atoms with Gasteiger partial charge in [-0.3, -0.25) is 9.67 Å². The summed E-state index contributed by atoms with van der Waals surface area (Å²) in [6.45, 7) is 6.15. The number of nitrogens with one attached hydrogen (secondary N) is 1. The van der Waals surface area contributed by atoms with Crippen LogP contribution in [-0.2, 0) is 23.6 Å². The van der Waals surface area contributed by atoms with Gasteiger partial charge in [0.15, 0.2) is 5.96 Å². The van der Waals surface area contributed by atoms with E-state index < -0.39 is 10.0 Å². The van der Waals surface area contributed by atoms with Crippen molar-refractivity contribution >= 4 is 16.0 Å². The Bertz CT molecular complexity index is 981. The van der Waals surface area contributed by atoms with E-state index in [0.29, 0.717) is 17.4 Å². The predicted molar refractivity (Wildman–Crippen MR) is 119 cm³/mol. The van der Waals surface area contributed by atoms with Crippen molar-refractivity contribution < 1.29 is 8.42 Å². The van der Waals surface area contributed by atoms with Crippen molar-refractivity contribution in [3.63, 3.8) is 0 Å². The van der Waals surface area contributed by atoms with Gasteiger partial charge in [-0.25, -0.2) is 8.42 Å². The quantitative estimate of drug-likeness (QED) is 0.558. The zero-order valence-electron chi connectivity index (χ0n) is 18.4. The van der Waals surface area contributed by atoms with E-state index in [0.717, 1.165) is 31.0 Å². The molecule has 8 nitrogen and oxygen atoms in total. The number of guanidine groups is 1. The van der Waals surface area contributed by atoms with Crippen LogP contribution in [0.4, 0.5) is 0 Å². The van der Waals surface area contributed by atoms with Gasteiger partial charge in [0.25, 0.3) is 0 Å². The third-order valence-corrected chi connectivity index (χ3v) is 7.72. The molecule has 0 aliphatic carbocycles. The number of hydrogen-bond acceptors (Lipinski definition) is 4. The normalized spacial score (nSPS) is 17.9.